The number of hydrogen-bond donors (Lipinski definition) is 2. The molecule has 0 saturated heterocycles. The molecule has 2 N–H and O–H groups in total. The van der Waals surface area contributed by atoms with Crippen LogP contribution < -0.4 is 10.6 Å². The zero-order valence-electron chi connectivity index (χ0n) is 14.3. The number of ether oxygens (including phenoxy) is 1. The molecule has 0 aliphatic carbocycles. The van der Waals surface area contributed by atoms with Crippen LogP contribution in [0.2, 0.25) is 0 Å². The molecule has 1 aromatic carbocycles. The molecule has 0 spiro atoms. The number of methoxy groups -OCH3 is 1. The summed E-state index contributed by atoms with van der Waals surface area (Å²) in [6.07, 6.45) is 3.11. The van der Waals surface area contributed by atoms with Crippen molar-refractivity contribution in [1.82, 2.24) is 10.6 Å². The van der Waals surface area contributed by atoms with Crippen LogP contribution >= 0.6 is 0 Å². The lowest BCUT2D eigenvalue weighted by Crippen LogP contribution is -2.36. The van der Waals surface area contributed by atoms with Crippen molar-refractivity contribution in [3.05, 3.63) is 53.4 Å². The van der Waals surface area contributed by atoms with Gasteiger partial charge in [0.15, 0.2) is 0 Å². The highest BCUT2D eigenvalue weighted by Gasteiger charge is 2.17. The molecule has 0 fully saturated rings. The summed E-state index contributed by atoms with van der Waals surface area (Å²) >= 11 is 0. The van der Waals surface area contributed by atoms with Gasteiger partial charge in [0.05, 0.1) is 7.11 Å². The van der Waals surface area contributed by atoms with Gasteiger partial charge in [0, 0.05) is 6.92 Å². The second-order valence-corrected chi connectivity index (χ2v) is 5.42. The molecule has 24 heavy (non-hydrogen) atoms. The van der Waals surface area contributed by atoms with Crippen molar-refractivity contribution in [3.63, 3.8) is 0 Å². The summed E-state index contributed by atoms with van der Waals surface area (Å²) in [4.78, 5) is 35.6. The third-order valence-corrected chi connectivity index (χ3v) is 2.82. The number of rotatable bonds is 6. The standard InChI is InChI=1S/C18H22N2O4/c1-12(2)10-15(19-13(3)21)17(22)20-16(18(23)24-4)11-14-8-6-5-7-9-14/h5-12H,1-4H3,(H,19,21)(H,20,22)/b15-10-,16-11-. The second kappa shape index (κ2) is 9.29. The topological polar surface area (TPSA) is 84.5 Å². The Hall–Kier alpha value is -2.89. The smallest absolute Gasteiger partial charge is 0.354 e. The molecule has 1 rings (SSSR count). The lowest BCUT2D eigenvalue weighted by atomic mass is 10.1. The molecular formula is C18H22N2O4. The van der Waals surface area contributed by atoms with Gasteiger partial charge in [0.1, 0.15) is 11.4 Å². The lowest BCUT2D eigenvalue weighted by molar-refractivity contribution is -0.137. The first-order valence-electron chi connectivity index (χ1n) is 7.49. The molecule has 1 aromatic rings. The van der Waals surface area contributed by atoms with E-state index in [1.807, 2.05) is 32.0 Å². The number of carbonyl (C=O) groups is 3. The molecule has 0 aromatic heterocycles. The van der Waals surface area contributed by atoms with Crippen LogP contribution in [0.4, 0.5) is 0 Å². The molecule has 0 heterocycles. The van der Waals surface area contributed by atoms with Crippen LogP contribution in [-0.4, -0.2) is 24.9 Å². The Bertz CT molecular complexity index is 661. The number of amides is 2. The predicted molar refractivity (Wildman–Crippen MR) is 91.3 cm³/mol. The van der Waals surface area contributed by atoms with Crippen molar-refractivity contribution in [2.24, 2.45) is 5.92 Å². The maximum Gasteiger partial charge on any atom is 0.354 e. The SMILES string of the molecule is COC(=O)/C(=C/c1ccccc1)NC(=O)/C(=C/C(C)C)NC(C)=O. The molecule has 0 bridgehead atoms. The highest BCUT2D eigenvalue weighted by Crippen LogP contribution is 2.08. The molecule has 0 aliphatic rings. The van der Waals surface area contributed by atoms with Gasteiger partial charge in [0.2, 0.25) is 5.91 Å². The van der Waals surface area contributed by atoms with Crippen LogP contribution in [-0.2, 0) is 19.1 Å². The molecule has 0 aliphatic heterocycles. The summed E-state index contributed by atoms with van der Waals surface area (Å²) in [5.41, 5.74) is 0.793. The van der Waals surface area contributed by atoms with Crippen molar-refractivity contribution in [3.8, 4) is 0 Å². The Morgan fingerprint density at radius 1 is 1.04 bits per heavy atom. The zero-order valence-corrected chi connectivity index (χ0v) is 14.3. The van der Waals surface area contributed by atoms with Gasteiger partial charge < -0.3 is 15.4 Å². The minimum atomic E-state index is -0.682. The average Bonchev–Trinajstić information content (AvgIpc) is 2.52. The largest absolute Gasteiger partial charge is 0.464 e. The number of hydrogen-bond acceptors (Lipinski definition) is 4. The van der Waals surface area contributed by atoms with Gasteiger partial charge in [-0.2, -0.15) is 0 Å². The fourth-order valence-electron chi connectivity index (χ4n) is 1.86. The summed E-state index contributed by atoms with van der Waals surface area (Å²) in [5, 5.41) is 4.96. The van der Waals surface area contributed by atoms with Gasteiger partial charge in [-0.25, -0.2) is 4.79 Å². The maximum atomic E-state index is 12.4. The van der Waals surface area contributed by atoms with E-state index in [0.29, 0.717) is 0 Å². The third kappa shape index (κ3) is 6.48. The summed E-state index contributed by atoms with van der Waals surface area (Å²) in [6.45, 7) is 5.05. The Morgan fingerprint density at radius 3 is 2.17 bits per heavy atom. The van der Waals surface area contributed by atoms with Crippen molar-refractivity contribution in [2.75, 3.05) is 7.11 Å². The van der Waals surface area contributed by atoms with Crippen molar-refractivity contribution in [1.29, 1.82) is 0 Å². The summed E-state index contributed by atoms with van der Waals surface area (Å²) < 4.78 is 4.70. The number of benzene rings is 1. The van der Waals surface area contributed by atoms with Crippen LogP contribution in [0, 0.1) is 5.92 Å². The van der Waals surface area contributed by atoms with Gasteiger partial charge in [-0.15, -0.1) is 0 Å². The van der Waals surface area contributed by atoms with Crippen molar-refractivity contribution in [2.45, 2.75) is 20.8 Å². The minimum absolute atomic E-state index is 0.0197. The summed E-state index contributed by atoms with van der Waals surface area (Å²) in [7, 11) is 1.23. The van der Waals surface area contributed by atoms with Crippen molar-refractivity contribution < 1.29 is 19.1 Å². The fraction of sp³-hybridized carbons (Fsp3) is 0.278. The van der Waals surface area contributed by atoms with Crippen LogP contribution in [0.3, 0.4) is 0 Å². The van der Waals surface area contributed by atoms with Crippen molar-refractivity contribution >= 4 is 23.9 Å². The van der Waals surface area contributed by atoms with Crippen LogP contribution in [0.15, 0.2) is 47.8 Å². The second-order valence-electron chi connectivity index (χ2n) is 5.42. The predicted octanol–water partition coefficient (Wildman–Crippen LogP) is 1.99. The molecule has 6 nitrogen and oxygen atoms in total. The third-order valence-electron chi connectivity index (χ3n) is 2.82. The Kier molecular flexibility index (Phi) is 7.42. The first-order chi connectivity index (χ1) is 11.3. The summed E-state index contributed by atoms with van der Waals surface area (Å²) in [6, 6.07) is 9.03. The summed E-state index contributed by atoms with van der Waals surface area (Å²) in [5.74, 6) is -1.61. The molecule has 2 amide bonds. The number of carbonyl (C=O) groups excluding carboxylic acids is 3. The van der Waals surface area contributed by atoms with Gasteiger partial charge in [-0.3, -0.25) is 9.59 Å². The van der Waals surface area contributed by atoms with Crippen LogP contribution in [0.1, 0.15) is 26.3 Å². The molecule has 0 atom stereocenters. The monoisotopic (exact) mass is 330 g/mol. The number of esters is 1. The van der Waals surface area contributed by atoms with Gasteiger partial charge in [-0.1, -0.05) is 50.3 Å². The Balaban J connectivity index is 3.08. The quantitative estimate of drug-likeness (QED) is 0.617. The van der Waals surface area contributed by atoms with Gasteiger partial charge in [0.25, 0.3) is 5.91 Å². The lowest BCUT2D eigenvalue weighted by Gasteiger charge is -2.12. The zero-order chi connectivity index (χ0) is 18.1. The molecular weight excluding hydrogens is 308 g/mol. The molecule has 0 unspecified atom stereocenters. The van der Waals surface area contributed by atoms with Gasteiger partial charge in [-0.05, 0) is 17.6 Å². The van der Waals surface area contributed by atoms with E-state index >= 15 is 0 Å². The van der Waals surface area contributed by atoms with E-state index in [-0.39, 0.29) is 23.2 Å². The molecule has 0 radical (unpaired) electrons. The van der Waals surface area contributed by atoms with E-state index in [1.54, 1.807) is 18.2 Å². The van der Waals surface area contributed by atoms with Crippen LogP contribution in [0.25, 0.3) is 6.08 Å². The fourth-order valence-corrected chi connectivity index (χ4v) is 1.86. The van der Waals surface area contributed by atoms with E-state index in [2.05, 4.69) is 10.6 Å². The normalized spacial score (nSPS) is 11.9. The van der Waals surface area contributed by atoms with E-state index in [1.165, 1.54) is 20.1 Å². The van der Waals surface area contributed by atoms with Crippen LogP contribution in [0.5, 0.6) is 0 Å². The average molecular weight is 330 g/mol. The van der Waals surface area contributed by atoms with Gasteiger partial charge >= 0.3 is 5.97 Å². The number of nitrogens with one attached hydrogen (secondary N) is 2. The minimum Gasteiger partial charge on any atom is -0.464 e. The molecule has 0 saturated carbocycles. The van der Waals surface area contributed by atoms with E-state index in [0.717, 1.165) is 5.56 Å². The number of allylic oxidation sites excluding steroid dienone is 1. The van der Waals surface area contributed by atoms with E-state index in [9.17, 15) is 14.4 Å². The molecule has 6 heteroatoms. The highest BCUT2D eigenvalue weighted by molar-refractivity contribution is 6.04. The highest BCUT2D eigenvalue weighted by atomic mass is 16.5. The maximum absolute atomic E-state index is 12.4. The first kappa shape index (κ1) is 19.2. The Labute approximate surface area is 141 Å². The van der Waals surface area contributed by atoms with E-state index < -0.39 is 11.9 Å². The Morgan fingerprint density at radius 2 is 1.67 bits per heavy atom. The van der Waals surface area contributed by atoms with E-state index in [4.69, 9.17) is 4.74 Å². The first-order valence-corrected chi connectivity index (χ1v) is 7.49. The molecule has 128 valence electrons.